The molecule has 1 saturated heterocycles. The molecule has 4 heteroatoms. The van der Waals surface area contributed by atoms with Crippen molar-refractivity contribution < 1.29 is 14.3 Å². The summed E-state index contributed by atoms with van der Waals surface area (Å²) in [7, 11) is 5.55. The molecule has 0 radical (unpaired) electrons. The van der Waals surface area contributed by atoms with Gasteiger partial charge >= 0.3 is 0 Å². The van der Waals surface area contributed by atoms with Crippen LogP contribution in [0.2, 0.25) is 0 Å². The van der Waals surface area contributed by atoms with Gasteiger partial charge in [-0.15, -0.1) is 0 Å². The van der Waals surface area contributed by atoms with Crippen molar-refractivity contribution in [3.8, 4) is 11.5 Å². The first-order valence-corrected chi connectivity index (χ1v) is 10.7. The number of carbonyl (C=O) groups is 1. The zero-order valence-corrected chi connectivity index (χ0v) is 19.3. The molecule has 0 unspecified atom stereocenters. The zero-order chi connectivity index (χ0) is 21.3. The van der Waals surface area contributed by atoms with Gasteiger partial charge in [-0.1, -0.05) is 40.7 Å². The maximum Gasteiger partial charge on any atom is 0.161 e. The average molecular weight is 392 g/mol. The van der Waals surface area contributed by atoms with Gasteiger partial charge in [0.1, 0.15) is 5.78 Å². The molecule has 0 N–H and O–H groups in total. The summed E-state index contributed by atoms with van der Waals surface area (Å²) < 4.78 is 10.9. The Bertz CT molecular complexity index is 614. The van der Waals surface area contributed by atoms with Crippen LogP contribution in [0.1, 0.15) is 65.9 Å². The van der Waals surface area contributed by atoms with Crippen molar-refractivity contribution in [2.45, 2.75) is 65.7 Å². The van der Waals surface area contributed by atoms with E-state index in [2.05, 4.69) is 31.0 Å². The van der Waals surface area contributed by atoms with Gasteiger partial charge in [0, 0.05) is 24.3 Å². The average Bonchev–Trinajstić information content (AvgIpc) is 3.09. The molecular weight excluding hydrogens is 350 g/mol. The Morgan fingerprint density at radius 3 is 2.29 bits per heavy atom. The summed E-state index contributed by atoms with van der Waals surface area (Å²) in [4.78, 5) is 14.5. The second kappa shape index (κ2) is 11.5. The number of hydrogen-bond donors (Lipinski definition) is 0. The van der Waals surface area contributed by atoms with Crippen molar-refractivity contribution in [3.05, 3.63) is 23.8 Å². The molecule has 1 aromatic carbocycles. The molecule has 0 spiro atoms. The van der Waals surface area contributed by atoms with Crippen molar-refractivity contribution >= 4 is 5.78 Å². The summed E-state index contributed by atoms with van der Waals surface area (Å²) in [5, 5.41) is 0. The molecule has 1 aliphatic rings. The molecule has 160 valence electrons. The topological polar surface area (TPSA) is 38.8 Å². The van der Waals surface area contributed by atoms with E-state index in [1.807, 2.05) is 33.8 Å². The Kier molecular flexibility index (Phi) is 10.0. The van der Waals surface area contributed by atoms with Crippen LogP contribution in [0.25, 0.3) is 0 Å². The molecule has 0 amide bonds. The number of rotatable bonds is 9. The molecular formula is C24H41NO3. The van der Waals surface area contributed by atoms with Crippen LogP contribution in [0.5, 0.6) is 11.5 Å². The van der Waals surface area contributed by atoms with E-state index in [-0.39, 0.29) is 11.3 Å². The highest BCUT2D eigenvalue weighted by atomic mass is 16.5. The first-order valence-electron chi connectivity index (χ1n) is 10.7. The molecule has 0 saturated carbocycles. The van der Waals surface area contributed by atoms with Crippen molar-refractivity contribution in [2.24, 2.45) is 11.8 Å². The maximum atomic E-state index is 12.1. The molecule has 1 aromatic rings. The van der Waals surface area contributed by atoms with Gasteiger partial charge in [0.25, 0.3) is 0 Å². The lowest BCUT2D eigenvalue weighted by atomic mass is 9.74. The first-order chi connectivity index (χ1) is 13.3. The second-order valence-corrected chi connectivity index (χ2v) is 8.31. The van der Waals surface area contributed by atoms with Gasteiger partial charge in [-0.3, -0.25) is 4.79 Å². The summed E-state index contributed by atoms with van der Waals surface area (Å²) in [5.74, 6) is 2.50. The predicted octanol–water partition coefficient (Wildman–Crippen LogP) is 5.33. The van der Waals surface area contributed by atoms with E-state index in [4.69, 9.17) is 9.47 Å². The van der Waals surface area contributed by atoms with Crippen LogP contribution in [0.15, 0.2) is 18.2 Å². The molecule has 2 atom stereocenters. The number of methoxy groups -OCH3 is 2. The third kappa shape index (κ3) is 6.23. The van der Waals surface area contributed by atoms with Crippen molar-refractivity contribution in [1.82, 2.24) is 4.90 Å². The van der Waals surface area contributed by atoms with Crippen LogP contribution < -0.4 is 9.47 Å². The van der Waals surface area contributed by atoms with Gasteiger partial charge in [0.05, 0.1) is 14.2 Å². The van der Waals surface area contributed by atoms with Crippen LogP contribution in [0, 0.1) is 11.8 Å². The predicted molar refractivity (Wildman–Crippen MR) is 118 cm³/mol. The number of likely N-dealkylation sites (N-methyl/N-ethyl adjacent to an activating group) is 1. The minimum absolute atomic E-state index is 0.128. The summed E-state index contributed by atoms with van der Waals surface area (Å²) in [6, 6.07) is 6.34. The monoisotopic (exact) mass is 391 g/mol. The third-order valence-corrected chi connectivity index (χ3v) is 5.85. The Morgan fingerprint density at radius 1 is 1.14 bits per heavy atom. The number of benzene rings is 1. The molecule has 0 aliphatic carbocycles. The fourth-order valence-corrected chi connectivity index (χ4v) is 4.03. The summed E-state index contributed by atoms with van der Waals surface area (Å²) in [6.45, 7) is 12.3. The summed E-state index contributed by atoms with van der Waals surface area (Å²) in [5.41, 5.74) is 1.45. The smallest absolute Gasteiger partial charge is 0.161 e. The highest BCUT2D eigenvalue weighted by Gasteiger charge is 2.38. The highest BCUT2D eigenvalue weighted by Crippen LogP contribution is 2.42. The van der Waals surface area contributed by atoms with Crippen LogP contribution in [-0.2, 0) is 10.2 Å². The lowest BCUT2D eigenvalue weighted by Gasteiger charge is -2.31. The quantitative estimate of drug-likeness (QED) is 0.570. The molecule has 1 aliphatic heterocycles. The zero-order valence-electron chi connectivity index (χ0n) is 19.3. The SMILES string of the molecule is CC.COc1ccc([C@]2(CC[C@H](C)CC(=O)C(C)C)CCN(C)C2)cc1OC. The van der Waals surface area contributed by atoms with Gasteiger partial charge in [0.15, 0.2) is 11.5 Å². The van der Waals surface area contributed by atoms with Gasteiger partial charge in [0.2, 0.25) is 0 Å². The van der Waals surface area contributed by atoms with Gasteiger partial charge in [-0.05, 0) is 56.5 Å². The van der Waals surface area contributed by atoms with E-state index in [1.54, 1.807) is 14.2 Å². The maximum absolute atomic E-state index is 12.1. The summed E-state index contributed by atoms with van der Waals surface area (Å²) >= 11 is 0. The van der Waals surface area contributed by atoms with Gasteiger partial charge in [-0.2, -0.15) is 0 Å². The van der Waals surface area contributed by atoms with Crippen LogP contribution >= 0.6 is 0 Å². The van der Waals surface area contributed by atoms with E-state index < -0.39 is 0 Å². The molecule has 1 fully saturated rings. The summed E-state index contributed by atoms with van der Waals surface area (Å²) in [6.07, 6.45) is 4.00. The third-order valence-electron chi connectivity index (χ3n) is 5.85. The number of ether oxygens (including phenoxy) is 2. The first kappa shape index (κ1) is 24.5. The molecule has 4 nitrogen and oxygen atoms in total. The van der Waals surface area contributed by atoms with Crippen molar-refractivity contribution in [1.29, 1.82) is 0 Å². The Hall–Kier alpha value is -1.55. The Balaban J connectivity index is 0.00000190. The van der Waals surface area contributed by atoms with E-state index in [0.717, 1.165) is 43.9 Å². The molecule has 2 rings (SSSR count). The number of carbonyl (C=O) groups excluding carboxylic acids is 1. The van der Waals surface area contributed by atoms with Crippen LogP contribution in [0.3, 0.4) is 0 Å². The normalized spacial score (nSPS) is 20.5. The fourth-order valence-electron chi connectivity index (χ4n) is 4.03. The number of Topliss-reactive ketones (excluding diaryl/α,β-unsaturated/α-hetero) is 1. The highest BCUT2D eigenvalue weighted by molar-refractivity contribution is 5.80. The number of hydrogen-bond acceptors (Lipinski definition) is 4. The minimum Gasteiger partial charge on any atom is -0.493 e. The van der Waals surface area contributed by atoms with Gasteiger partial charge in [-0.25, -0.2) is 0 Å². The lowest BCUT2D eigenvalue weighted by Crippen LogP contribution is -2.30. The van der Waals surface area contributed by atoms with Crippen molar-refractivity contribution in [2.75, 3.05) is 34.4 Å². The van der Waals surface area contributed by atoms with E-state index in [9.17, 15) is 4.79 Å². The molecule has 1 heterocycles. The molecule has 0 aromatic heterocycles. The number of likely N-dealkylation sites (tertiary alicyclic amines) is 1. The van der Waals surface area contributed by atoms with E-state index in [0.29, 0.717) is 18.1 Å². The standard InChI is InChI=1S/C22H35NO3.C2H6/c1-16(2)19(24)13-17(3)9-10-22(11-12-23(4)15-22)18-7-8-20(25-5)21(14-18)26-6;1-2/h7-8,14,16-17H,9-13,15H2,1-6H3;1-2H3/t17-,22+;/m0./s1. The minimum atomic E-state index is 0.128. The molecule has 0 bridgehead atoms. The van der Waals surface area contributed by atoms with E-state index in [1.165, 1.54) is 5.56 Å². The Morgan fingerprint density at radius 2 is 1.79 bits per heavy atom. The Labute approximate surface area is 172 Å². The second-order valence-electron chi connectivity index (χ2n) is 8.31. The van der Waals surface area contributed by atoms with Crippen LogP contribution in [-0.4, -0.2) is 45.0 Å². The number of ketones is 1. The lowest BCUT2D eigenvalue weighted by molar-refractivity contribution is -0.122. The fraction of sp³-hybridized carbons (Fsp3) is 0.708. The van der Waals surface area contributed by atoms with Crippen molar-refractivity contribution in [3.63, 3.8) is 0 Å². The number of nitrogens with zero attached hydrogens (tertiary/aromatic N) is 1. The molecule has 28 heavy (non-hydrogen) atoms. The van der Waals surface area contributed by atoms with Gasteiger partial charge < -0.3 is 14.4 Å². The largest absolute Gasteiger partial charge is 0.493 e. The van der Waals surface area contributed by atoms with Crippen LogP contribution in [0.4, 0.5) is 0 Å². The van der Waals surface area contributed by atoms with E-state index >= 15 is 0 Å².